The minimum Gasteiger partial charge on any atom is -0.462 e. The van der Waals surface area contributed by atoms with Crippen molar-refractivity contribution in [2.75, 3.05) is 47.2 Å². The highest BCUT2D eigenvalue weighted by molar-refractivity contribution is 7.73. The first-order chi connectivity index (χ1) is 16.6. The first-order valence-electron chi connectivity index (χ1n) is 10.1. The number of nitrogens with one attached hydrogen (secondary N) is 1. The maximum atomic E-state index is 12.2. The number of amides is 1. The molecule has 0 aliphatic rings. The topological polar surface area (TPSA) is 176 Å². The molecule has 1 atom stereocenters. The lowest BCUT2D eigenvalue weighted by atomic mass is 10.4. The number of carbonyl (C=O) groups is 3. The second-order valence-corrected chi connectivity index (χ2v) is 12.0. The Morgan fingerprint density at radius 2 is 1.63 bits per heavy atom. The summed E-state index contributed by atoms with van der Waals surface area (Å²) in [5.41, 5.74) is 3.89. The van der Waals surface area contributed by atoms with Crippen LogP contribution in [0.1, 0.15) is 12.8 Å². The Balaban J connectivity index is 4.81. The van der Waals surface area contributed by atoms with Crippen LogP contribution in [-0.4, -0.2) is 90.4 Å². The van der Waals surface area contributed by atoms with Crippen molar-refractivity contribution in [3.63, 3.8) is 0 Å². The molecule has 0 aromatic rings. The van der Waals surface area contributed by atoms with Crippen molar-refractivity contribution in [2.24, 2.45) is 0 Å². The van der Waals surface area contributed by atoms with Crippen LogP contribution in [0, 0.1) is 23.5 Å². The largest absolute Gasteiger partial charge is 0.500 e. The summed E-state index contributed by atoms with van der Waals surface area (Å²) in [6.45, 7) is 2.53. The van der Waals surface area contributed by atoms with E-state index in [1.165, 1.54) is 33.5 Å². The zero-order chi connectivity index (χ0) is 26.7. The van der Waals surface area contributed by atoms with Gasteiger partial charge in [0.15, 0.2) is 6.10 Å². The number of esters is 2. The third kappa shape index (κ3) is 13.5. The van der Waals surface area contributed by atoms with Crippen LogP contribution in [0.15, 0.2) is 12.7 Å². The van der Waals surface area contributed by atoms with Crippen molar-refractivity contribution in [2.45, 2.75) is 25.0 Å². The summed E-state index contributed by atoms with van der Waals surface area (Å²) in [6.07, 6.45) is 1.42. The van der Waals surface area contributed by atoms with E-state index in [1.54, 1.807) is 0 Å². The van der Waals surface area contributed by atoms with E-state index in [0.717, 1.165) is 6.08 Å². The number of ether oxygens (including phenoxy) is 3. The Morgan fingerprint density at radius 3 is 2.14 bits per heavy atom. The van der Waals surface area contributed by atoms with Crippen molar-refractivity contribution in [3.8, 4) is 23.5 Å². The first kappa shape index (κ1) is 32.0. The van der Waals surface area contributed by atoms with Gasteiger partial charge in [-0.2, -0.15) is 0 Å². The van der Waals surface area contributed by atoms with Crippen LogP contribution < -0.4 is 5.32 Å². The molecule has 0 radical (unpaired) electrons. The van der Waals surface area contributed by atoms with E-state index in [1.807, 2.05) is 11.3 Å². The van der Waals surface area contributed by atoms with Gasteiger partial charge >= 0.3 is 26.8 Å². The SMILES string of the molecule is C=CC(=O)OCC(COC(=O)CCP(=O)(C#CO)C#CO)OC(=O)NCCC[Si](OC)(OC)OC. The van der Waals surface area contributed by atoms with Crippen molar-refractivity contribution in [1.29, 1.82) is 0 Å². The average molecular weight is 536 g/mol. The van der Waals surface area contributed by atoms with Crippen LogP contribution in [0.4, 0.5) is 4.79 Å². The van der Waals surface area contributed by atoms with E-state index in [4.69, 9.17) is 37.7 Å². The summed E-state index contributed by atoms with van der Waals surface area (Å²) in [5, 5.41) is 19.7. The molecule has 0 aromatic carbocycles. The quantitative estimate of drug-likeness (QED) is 0.0486. The monoisotopic (exact) mass is 535 g/mol. The Morgan fingerprint density at radius 1 is 1.06 bits per heavy atom. The second kappa shape index (κ2) is 17.4. The molecule has 1 amide bonds. The second-order valence-electron chi connectivity index (χ2n) is 6.53. The molecule has 0 saturated carbocycles. The van der Waals surface area contributed by atoms with Crippen molar-refractivity contribution < 1.29 is 56.7 Å². The van der Waals surface area contributed by atoms with Gasteiger partial charge in [-0.15, -0.1) is 0 Å². The molecule has 3 N–H and O–H groups in total. The lowest BCUT2D eigenvalue weighted by Crippen LogP contribution is -2.43. The maximum Gasteiger partial charge on any atom is 0.500 e. The smallest absolute Gasteiger partial charge is 0.462 e. The Labute approximate surface area is 204 Å². The van der Waals surface area contributed by atoms with Crippen molar-refractivity contribution in [1.82, 2.24) is 5.32 Å². The summed E-state index contributed by atoms with van der Waals surface area (Å²) in [5.74, 6) is -1.63. The van der Waals surface area contributed by atoms with Gasteiger partial charge in [0.05, 0.1) is 6.42 Å². The number of rotatable bonds is 16. The van der Waals surface area contributed by atoms with Gasteiger partial charge in [0, 0.05) is 57.5 Å². The van der Waals surface area contributed by atoms with Gasteiger partial charge in [0.1, 0.15) is 25.4 Å². The van der Waals surface area contributed by atoms with Crippen LogP contribution in [0.5, 0.6) is 0 Å². The lowest BCUT2D eigenvalue weighted by molar-refractivity contribution is -0.149. The van der Waals surface area contributed by atoms with E-state index in [-0.39, 0.29) is 12.7 Å². The van der Waals surface area contributed by atoms with Gasteiger partial charge in [-0.05, 0) is 6.42 Å². The predicted octanol–water partition coefficient (Wildman–Crippen LogP) is 0.957. The van der Waals surface area contributed by atoms with Crippen molar-refractivity contribution in [3.05, 3.63) is 12.7 Å². The molecule has 13 nitrogen and oxygen atoms in total. The molecule has 0 saturated heterocycles. The van der Waals surface area contributed by atoms with Gasteiger partial charge in [0.2, 0.25) is 7.14 Å². The summed E-state index contributed by atoms with van der Waals surface area (Å²) in [7, 11) is -2.02. The molecule has 35 heavy (non-hydrogen) atoms. The van der Waals surface area contributed by atoms with E-state index in [0.29, 0.717) is 12.5 Å². The number of hydrogen-bond acceptors (Lipinski definition) is 12. The van der Waals surface area contributed by atoms with E-state index in [2.05, 4.69) is 11.9 Å². The highest BCUT2D eigenvalue weighted by Crippen LogP contribution is 2.43. The zero-order valence-electron chi connectivity index (χ0n) is 19.7. The van der Waals surface area contributed by atoms with E-state index in [9.17, 15) is 18.9 Å². The summed E-state index contributed by atoms with van der Waals surface area (Å²) >= 11 is 0. The Bertz CT molecular complexity index is 852. The summed E-state index contributed by atoms with van der Waals surface area (Å²) in [6, 6.07) is 0.430. The fourth-order valence-electron chi connectivity index (χ4n) is 2.40. The summed E-state index contributed by atoms with van der Waals surface area (Å²) < 4.78 is 43.0. The van der Waals surface area contributed by atoms with Crippen LogP contribution in [-0.2, 0) is 41.6 Å². The number of aliphatic hydroxyl groups is 2. The highest BCUT2D eigenvalue weighted by atomic mass is 31.2. The van der Waals surface area contributed by atoms with Gasteiger partial charge in [0.25, 0.3) is 0 Å². The molecule has 1 unspecified atom stereocenters. The van der Waals surface area contributed by atoms with Crippen molar-refractivity contribution >= 4 is 34.0 Å². The summed E-state index contributed by atoms with van der Waals surface area (Å²) in [4.78, 5) is 35.4. The molecule has 15 heteroatoms. The fraction of sp³-hybridized carbons (Fsp3) is 0.550. The van der Waals surface area contributed by atoms with Crippen LogP contribution >= 0.6 is 7.14 Å². The Kier molecular flexibility index (Phi) is 15.9. The molecule has 0 spiro atoms. The molecule has 0 aliphatic carbocycles. The third-order valence-corrected chi connectivity index (χ3v) is 8.84. The molecule has 0 bridgehead atoms. The van der Waals surface area contributed by atoms with Crippen LogP contribution in [0.3, 0.4) is 0 Å². The fourth-order valence-corrected chi connectivity index (χ4v) is 5.23. The molecule has 0 aromatic heterocycles. The molecular weight excluding hydrogens is 505 g/mol. The highest BCUT2D eigenvalue weighted by Gasteiger charge is 2.36. The van der Waals surface area contributed by atoms with E-state index < -0.39 is 59.7 Å². The normalized spacial score (nSPS) is 11.5. The number of hydrogen-bond donors (Lipinski definition) is 3. The maximum absolute atomic E-state index is 12.2. The molecule has 0 aliphatic heterocycles. The van der Waals surface area contributed by atoms with E-state index >= 15 is 0 Å². The van der Waals surface area contributed by atoms with Gasteiger partial charge in [-0.3, -0.25) is 9.36 Å². The molecule has 0 fully saturated rings. The number of carbonyl (C=O) groups excluding carboxylic acids is 3. The minimum absolute atomic E-state index is 0.190. The predicted molar refractivity (Wildman–Crippen MR) is 123 cm³/mol. The van der Waals surface area contributed by atoms with Gasteiger partial charge < -0.3 is 43.0 Å². The number of aliphatic hydroxyl groups excluding tert-OH is 2. The third-order valence-electron chi connectivity index (χ3n) is 4.24. The van der Waals surface area contributed by atoms with Gasteiger partial charge in [-0.25, -0.2) is 9.59 Å². The standard InChI is InChI=1S/C20H30NO12PSi/c1-5-18(24)31-15-17(16-32-19(25)7-11-34(27,12-9-22)13-10-23)33-20(26)21-8-6-14-35(28-2,29-3)30-4/h5,17,22-23H,1,6-8,11,14-16H2,2-4H3,(H,21,26). The number of alkyl carbamates (subject to hydrolysis) is 1. The van der Waals surface area contributed by atoms with Gasteiger partial charge in [-0.1, -0.05) is 6.58 Å². The molecule has 0 heterocycles. The van der Waals surface area contributed by atoms with Crippen LogP contribution in [0.2, 0.25) is 6.04 Å². The zero-order valence-corrected chi connectivity index (χ0v) is 21.6. The average Bonchev–Trinajstić information content (AvgIpc) is 2.85. The first-order valence-corrected chi connectivity index (χ1v) is 13.9. The Hall–Kier alpha value is -3.00. The minimum atomic E-state index is -3.63. The molecular formula is C20H30NO12PSi. The lowest BCUT2D eigenvalue weighted by Gasteiger charge is -2.24. The molecule has 0 rings (SSSR count). The molecule has 196 valence electrons. The van der Waals surface area contributed by atoms with Crippen LogP contribution in [0.25, 0.3) is 0 Å².